The topological polar surface area (TPSA) is 140 Å². The first-order valence-electron chi connectivity index (χ1n) is 10.1. The van der Waals surface area contributed by atoms with E-state index in [0.717, 1.165) is 5.56 Å². The number of hydrogen-bond donors (Lipinski definition) is 4. The first-order valence-corrected chi connectivity index (χ1v) is 10.1. The fourth-order valence-corrected chi connectivity index (χ4v) is 3.51. The Balaban J connectivity index is 1.77. The van der Waals surface area contributed by atoms with Crippen LogP contribution in [0.2, 0.25) is 0 Å². The second-order valence-corrected chi connectivity index (χ2v) is 8.65. The summed E-state index contributed by atoms with van der Waals surface area (Å²) in [5.74, 6) is 0.0899. The van der Waals surface area contributed by atoms with E-state index < -0.39 is 37.3 Å². The molecule has 3 rings (SSSR count). The molecule has 0 bridgehead atoms. The van der Waals surface area contributed by atoms with Gasteiger partial charge in [-0.15, -0.1) is 0 Å². The Morgan fingerprint density at radius 2 is 1.77 bits per heavy atom. The molecule has 5 atom stereocenters. The van der Waals surface area contributed by atoms with E-state index in [1.54, 1.807) is 6.07 Å². The van der Waals surface area contributed by atoms with Gasteiger partial charge in [-0.2, -0.15) is 0 Å². The van der Waals surface area contributed by atoms with Gasteiger partial charge in [0.2, 0.25) is 5.95 Å². The number of aliphatic hydroxyl groups is 3. The smallest absolute Gasteiger partial charge is 0.220 e. The van der Waals surface area contributed by atoms with E-state index in [1.807, 2.05) is 12.1 Å². The van der Waals surface area contributed by atoms with Gasteiger partial charge in [0.25, 0.3) is 0 Å². The number of nitrogens with zero attached hydrogens (tertiary/aromatic N) is 2. The number of aromatic nitrogens is 2. The van der Waals surface area contributed by atoms with Gasteiger partial charge in [-0.05, 0) is 17.0 Å². The number of benzene rings is 1. The Kier molecular flexibility index (Phi) is 7.25. The molecule has 1 aliphatic rings. The molecule has 2 heterocycles. The summed E-state index contributed by atoms with van der Waals surface area (Å²) < 4.78 is 16.1. The van der Waals surface area contributed by atoms with Crippen LogP contribution in [0.1, 0.15) is 32.0 Å². The number of hydrogen-bond acceptors (Lipinski definition) is 9. The monoisotopic (exact) mass is 433 g/mol. The molecule has 1 aromatic heterocycles. The molecule has 170 valence electrons. The summed E-state index contributed by atoms with van der Waals surface area (Å²) in [7, 11) is 1.36. The minimum absolute atomic E-state index is 0.0346. The molecule has 1 aliphatic heterocycles. The fraction of sp³-hybridized carbons (Fsp3) is 0.545. The number of methoxy groups -OCH3 is 1. The van der Waals surface area contributed by atoms with E-state index in [1.165, 1.54) is 12.7 Å². The van der Waals surface area contributed by atoms with Crippen molar-refractivity contribution in [1.29, 1.82) is 0 Å². The first kappa shape index (κ1) is 23.5. The number of nitrogens with two attached hydrogens (primary N) is 1. The zero-order chi connectivity index (χ0) is 22.8. The standard InChI is InChI=1S/C22H31N3O6/c1-22(2,3)13-7-5-12(6-8-13)15-9-14(24-21(23)25-15)11-30-19-17(27)16(10-26)31-20(29-4)18(19)28/h5-9,16-20,26-28H,10-11H2,1-4H3,(H2,23,24,25)/t16-,17+,18-,19+,20-/m1/s1. The Labute approximate surface area is 181 Å². The molecule has 0 unspecified atom stereocenters. The fourth-order valence-electron chi connectivity index (χ4n) is 3.51. The lowest BCUT2D eigenvalue weighted by Crippen LogP contribution is -2.59. The molecule has 31 heavy (non-hydrogen) atoms. The molecule has 1 saturated heterocycles. The van der Waals surface area contributed by atoms with Crippen molar-refractivity contribution in [1.82, 2.24) is 9.97 Å². The first-order chi connectivity index (χ1) is 14.6. The number of rotatable bonds is 6. The Morgan fingerprint density at radius 1 is 1.10 bits per heavy atom. The summed E-state index contributed by atoms with van der Waals surface area (Å²) in [6, 6.07) is 9.82. The molecule has 1 aromatic carbocycles. The quantitative estimate of drug-likeness (QED) is 0.525. The summed E-state index contributed by atoms with van der Waals surface area (Å²) in [5, 5.41) is 30.2. The molecule has 0 spiro atoms. The van der Waals surface area contributed by atoms with Crippen LogP contribution in [0.25, 0.3) is 11.3 Å². The molecular formula is C22H31N3O6. The minimum atomic E-state index is -1.24. The molecule has 0 saturated carbocycles. The van der Waals surface area contributed by atoms with E-state index in [-0.39, 0.29) is 18.0 Å². The Morgan fingerprint density at radius 3 is 2.35 bits per heavy atom. The minimum Gasteiger partial charge on any atom is -0.394 e. The van der Waals surface area contributed by atoms with Gasteiger partial charge in [0.15, 0.2) is 6.29 Å². The maximum absolute atomic E-state index is 10.4. The van der Waals surface area contributed by atoms with Gasteiger partial charge in [-0.3, -0.25) is 0 Å². The lowest BCUT2D eigenvalue weighted by Gasteiger charge is -2.41. The number of ether oxygens (including phenoxy) is 3. The highest BCUT2D eigenvalue weighted by Crippen LogP contribution is 2.27. The number of anilines is 1. The predicted octanol–water partition coefficient (Wildman–Crippen LogP) is 0.994. The average molecular weight is 434 g/mol. The lowest BCUT2D eigenvalue weighted by atomic mass is 9.86. The van der Waals surface area contributed by atoms with Crippen LogP contribution < -0.4 is 5.73 Å². The van der Waals surface area contributed by atoms with Crippen LogP contribution in [0.15, 0.2) is 30.3 Å². The molecule has 5 N–H and O–H groups in total. The van der Waals surface area contributed by atoms with E-state index in [2.05, 4.69) is 42.9 Å². The lowest BCUT2D eigenvalue weighted by molar-refractivity contribution is -0.303. The van der Waals surface area contributed by atoms with Crippen molar-refractivity contribution in [3.05, 3.63) is 41.6 Å². The van der Waals surface area contributed by atoms with Gasteiger partial charge >= 0.3 is 0 Å². The van der Waals surface area contributed by atoms with Gasteiger partial charge in [-0.1, -0.05) is 45.0 Å². The van der Waals surface area contributed by atoms with Crippen LogP contribution in [0, 0.1) is 0 Å². The molecule has 0 aliphatic carbocycles. The van der Waals surface area contributed by atoms with Crippen LogP contribution in [0.4, 0.5) is 5.95 Å². The summed E-state index contributed by atoms with van der Waals surface area (Å²) in [6.07, 6.45) is -5.49. The molecule has 9 heteroatoms. The van der Waals surface area contributed by atoms with Crippen LogP contribution in [-0.2, 0) is 26.2 Å². The average Bonchev–Trinajstić information content (AvgIpc) is 2.73. The zero-order valence-electron chi connectivity index (χ0n) is 18.2. The molecule has 2 aromatic rings. The van der Waals surface area contributed by atoms with Crippen molar-refractivity contribution in [2.45, 2.75) is 63.5 Å². The van der Waals surface area contributed by atoms with Crippen LogP contribution in [0.5, 0.6) is 0 Å². The van der Waals surface area contributed by atoms with Crippen molar-refractivity contribution in [2.75, 3.05) is 19.5 Å². The highest BCUT2D eigenvalue weighted by atomic mass is 16.7. The van der Waals surface area contributed by atoms with Gasteiger partial charge in [0.1, 0.15) is 24.4 Å². The Bertz CT molecular complexity index is 855. The van der Waals surface area contributed by atoms with Crippen molar-refractivity contribution >= 4 is 5.95 Å². The van der Waals surface area contributed by atoms with Crippen LogP contribution in [-0.4, -0.2) is 69.7 Å². The summed E-state index contributed by atoms with van der Waals surface area (Å²) in [6.45, 7) is 5.97. The molecule has 0 amide bonds. The second-order valence-electron chi connectivity index (χ2n) is 8.65. The van der Waals surface area contributed by atoms with Gasteiger partial charge in [0.05, 0.1) is 24.6 Å². The van der Waals surface area contributed by atoms with Crippen LogP contribution in [0.3, 0.4) is 0 Å². The van der Waals surface area contributed by atoms with Crippen molar-refractivity contribution < 1.29 is 29.5 Å². The van der Waals surface area contributed by atoms with Crippen molar-refractivity contribution in [3.8, 4) is 11.3 Å². The highest BCUT2D eigenvalue weighted by Gasteiger charge is 2.45. The Hall–Kier alpha value is -2.14. The third-order valence-electron chi connectivity index (χ3n) is 5.32. The normalized spacial score (nSPS) is 26.7. The van der Waals surface area contributed by atoms with Crippen LogP contribution >= 0.6 is 0 Å². The summed E-state index contributed by atoms with van der Waals surface area (Å²) in [5.41, 5.74) is 9.16. The van der Waals surface area contributed by atoms with E-state index in [9.17, 15) is 15.3 Å². The molecular weight excluding hydrogens is 402 g/mol. The maximum atomic E-state index is 10.4. The van der Waals surface area contributed by atoms with Gasteiger partial charge < -0.3 is 35.3 Å². The third kappa shape index (κ3) is 5.38. The van der Waals surface area contributed by atoms with Gasteiger partial charge in [0, 0.05) is 12.7 Å². The SMILES string of the molecule is CO[C@@H]1O[C@H](CO)[C@H](O)[C@H](OCc2cc(-c3ccc(C(C)(C)C)cc3)nc(N)n2)[C@H]1O. The predicted molar refractivity (Wildman–Crippen MR) is 114 cm³/mol. The molecule has 0 radical (unpaired) electrons. The van der Waals surface area contributed by atoms with Crippen molar-refractivity contribution in [3.63, 3.8) is 0 Å². The number of aliphatic hydroxyl groups excluding tert-OH is 3. The van der Waals surface area contributed by atoms with Crippen molar-refractivity contribution in [2.24, 2.45) is 0 Å². The number of nitrogen functional groups attached to an aromatic ring is 1. The zero-order valence-corrected chi connectivity index (χ0v) is 18.2. The highest BCUT2D eigenvalue weighted by molar-refractivity contribution is 5.61. The van der Waals surface area contributed by atoms with E-state index in [0.29, 0.717) is 11.4 Å². The van der Waals surface area contributed by atoms with E-state index in [4.69, 9.17) is 19.9 Å². The summed E-state index contributed by atoms with van der Waals surface area (Å²) in [4.78, 5) is 8.51. The third-order valence-corrected chi connectivity index (χ3v) is 5.32. The molecule has 1 fully saturated rings. The van der Waals surface area contributed by atoms with Gasteiger partial charge in [-0.25, -0.2) is 9.97 Å². The maximum Gasteiger partial charge on any atom is 0.220 e. The van der Waals surface area contributed by atoms with E-state index >= 15 is 0 Å². The summed E-state index contributed by atoms with van der Waals surface area (Å²) >= 11 is 0. The molecule has 9 nitrogen and oxygen atoms in total. The largest absolute Gasteiger partial charge is 0.394 e. The second kappa shape index (κ2) is 9.56.